The molecule has 1 atom stereocenters. The Kier molecular flexibility index (Phi) is 3.34. The van der Waals surface area contributed by atoms with Crippen LogP contribution in [0, 0.1) is 0 Å². The maximum absolute atomic E-state index is 5.71. The van der Waals surface area contributed by atoms with Gasteiger partial charge in [0.2, 0.25) is 0 Å². The van der Waals surface area contributed by atoms with Gasteiger partial charge in [0.15, 0.2) is 0 Å². The average molecular weight is 181 g/mol. The number of unbranched alkanes of at least 4 members (excludes halogenated alkanes) is 1. The molecule has 13 heavy (non-hydrogen) atoms. The van der Waals surface area contributed by atoms with Crippen LogP contribution in [-0.4, -0.2) is 9.78 Å². The highest BCUT2D eigenvalue weighted by atomic mass is 15.3. The second-order valence-electron chi connectivity index (χ2n) is 3.66. The number of nitrogen functional groups attached to an aromatic ring is 1. The molecule has 0 amide bonds. The Morgan fingerprint density at radius 1 is 1.62 bits per heavy atom. The largest absolute Gasteiger partial charge is 0.384 e. The van der Waals surface area contributed by atoms with Gasteiger partial charge < -0.3 is 5.73 Å². The quantitative estimate of drug-likeness (QED) is 0.774. The van der Waals surface area contributed by atoms with Crippen molar-refractivity contribution in [3.63, 3.8) is 0 Å². The second kappa shape index (κ2) is 4.30. The van der Waals surface area contributed by atoms with Gasteiger partial charge in [-0.3, -0.25) is 4.68 Å². The Bertz CT molecular complexity index is 246. The summed E-state index contributed by atoms with van der Waals surface area (Å²) >= 11 is 0. The fourth-order valence-corrected chi connectivity index (χ4v) is 1.40. The third kappa shape index (κ3) is 2.47. The van der Waals surface area contributed by atoms with E-state index < -0.39 is 0 Å². The van der Waals surface area contributed by atoms with Crippen LogP contribution in [0.5, 0.6) is 0 Å². The second-order valence-corrected chi connectivity index (χ2v) is 3.66. The van der Waals surface area contributed by atoms with Crippen molar-refractivity contribution < 1.29 is 0 Å². The van der Waals surface area contributed by atoms with Gasteiger partial charge in [-0.15, -0.1) is 0 Å². The van der Waals surface area contributed by atoms with E-state index in [1.807, 2.05) is 13.1 Å². The van der Waals surface area contributed by atoms with Crippen LogP contribution in [0.1, 0.15) is 44.7 Å². The summed E-state index contributed by atoms with van der Waals surface area (Å²) in [7, 11) is 1.88. The Morgan fingerprint density at radius 2 is 2.31 bits per heavy atom. The van der Waals surface area contributed by atoms with E-state index in [9.17, 15) is 0 Å². The molecule has 0 aliphatic heterocycles. The van der Waals surface area contributed by atoms with E-state index in [4.69, 9.17) is 5.73 Å². The Balaban J connectivity index is 2.60. The van der Waals surface area contributed by atoms with Gasteiger partial charge in [-0.05, 0) is 6.42 Å². The fraction of sp³-hybridized carbons (Fsp3) is 0.700. The summed E-state index contributed by atoms with van der Waals surface area (Å²) < 4.78 is 1.73. The van der Waals surface area contributed by atoms with Crippen molar-refractivity contribution in [2.45, 2.75) is 39.0 Å². The maximum atomic E-state index is 5.71. The summed E-state index contributed by atoms with van der Waals surface area (Å²) in [5.74, 6) is 1.28. The van der Waals surface area contributed by atoms with E-state index in [0.717, 1.165) is 11.5 Å². The zero-order valence-corrected chi connectivity index (χ0v) is 8.75. The lowest BCUT2D eigenvalue weighted by Crippen LogP contribution is -1.98. The van der Waals surface area contributed by atoms with Crippen LogP contribution in [0.15, 0.2) is 6.07 Å². The smallest absolute Gasteiger partial charge is 0.121 e. The molecule has 3 nitrogen and oxygen atoms in total. The molecular weight excluding hydrogens is 162 g/mol. The van der Waals surface area contributed by atoms with Crippen molar-refractivity contribution >= 4 is 5.82 Å². The lowest BCUT2D eigenvalue weighted by Gasteiger charge is -2.05. The molecule has 0 radical (unpaired) electrons. The van der Waals surface area contributed by atoms with Crippen molar-refractivity contribution in [2.24, 2.45) is 7.05 Å². The topological polar surface area (TPSA) is 43.8 Å². The lowest BCUT2D eigenvalue weighted by atomic mass is 10.0. The van der Waals surface area contributed by atoms with Gasteiger partial charge in [0, 0.05) is 19.0 Å². The third-order valence-electron chi connectivity index (χ3n) is 2.43. The van der Waals surface area contributed by atoms with E-state index >= 15 is 0 Å². The summed E-state index contributed by atoms with van der Waals surface area (Å²) in [6.45, 7) is 4.41. The number of hydrogen-bond acceptors (Lipinski definition) is 2. The van der Waals surface area contributed by atoms with Gasteiger partial charge in [0.1, 0.15) is 5.82 Å². The standard InChI is InChI=1S/C10H19N3/c1-4-5-6-8(2)9-7-10(11)13(3)12-9/h7-8H,4-6,11H2,1-3H3. The van der Waals surface area contributed by atoms with Crippen LogP contribution in [0.3, 0.4) is 0 Å². The van der Waals surface area contributed by atoms with Gasteiger partial charge >= 0.3 is 0 Å². The molecule has 1 heterocycles. The van der Waals surface area contributed by atoms with E-state index in [1.54, 1.807) is 4.68 Å². The highest BCUT2D eigenvalue weighted by Gasteiger charge is 2.09. The summed E-state index contributed by atoms with van der Waals surface area (Å²) in [5, 5.41) is 4.35. The normalized spacial score (nSPS) is 13.2. The molecule has 0 spiro atoms. The van der Waals surface area contributed by atoms with Gasteiger partial charge in [-0.25, -0.2) is 0 Å². The van der Waals surface area contributed by atoms with Gasteiger partial charge in [0.25, 0.3) is 0 Å². The first-order chi connectivity index (χ1) is 6.15. The molecule has 2 N–H and O–H groups in total. The molecule has 3 heteroatoms. The van der Waals surface area contributed by atoms with E-state index in [-0.39, 0.29) is 0 Å². The van der Waals surface area contributed by atoms with E-state index in [1.165, 1.54) is 19.3 Å². The molecule has 0 saturated heterocycles. The molecule has 0 fully saturated rings. The molecule has 0 aliphatic rings. The minimum atomic E-state index is 0.531. The van der Waals surface area contributed by atoms with Crippen LogP contribution in [0.2, 0.25) is 0 Å². The van der Waals surface area contributed by atoms with Crippen LogP contribution >= 0.6 is 0 Å². The number of hydrogen-bond donors (Lipinski definition) is 1. The van der Waals surface area contributed by atoms with Crippen molar-refractivity contribution in [2.75, 3.05) is 5.73 Å². The Hall–Kier alpha value is -0.990. The highest BCUT2D eigenvalue weighted by molar-refractivity contribution is 5.31. The average Bonchev–Trinajstić information content (AvgIpc) is 2.43. The number of aromatic nitrogens is 2. The van der Waals surface area contributed by atoms with Gasteiger partial charge in [-0.1, -0.05) is 26.7 Å². The first-order valence-corrected chi connectivity index (χ1v) is 4.94. The molecule has 0 saturated carbocycles. The molecule has 0 aliphatic carbocycles. The van der Waals surface area contributed by atoms with Gasteiger partial charge in [-0.2, -0.15) is 5.10 Å². The van der Waals surface area contributed by atoms with Crippen LogP contribution in [0.25, 0.3) is 0 Å². The predicted octanol–water partition coefficient (Wildman–Crippen LogP) is 2.30. The van der Waals surface area contributed by atoms with Crippen LogP contribution in [0.4, 0.5) is 5.82 Å². The zero-order valence-electron chi connectivity index (χ0n) is 8.75. The first kappa shape index (κ1) is 10.1. The van der Waals surface area contributed by atoms with Crippen LogP contribution in [-0.2, 0) is 7.05 Å². The number of nitrogens with zero attached hydrogens (tertiary/aromatic N) is 2. The molecular formula is C10H19N3. The predicted molar refractivity (Wildman–Crippen MR) is 55.6 cm³/mol. The Labute approximate surface area is 79.9 Å². The van der Waals surface area contributed by atoms with Crippen LogP contribution < -0.4 is 5.73 Å². The summed E-state index contributed by atoms with van der Waals surface area (Å²) in [4.78, 5) is 0. The summed E-state index contributed by atoms with van der Waals surface area (Å²) in [6, 6.07) is 1.97. The number of anilines is 1. The minimum Gasteiger partial charge on any atom is -0.384 e. The van der Waals surface area contributed by atoms with Crippen molar-refractivity contribution in [3.8, 4) is 0 Å². The fourth-order valence-electron chi connectivity index (χ4n) is 1.40. The number of aryl methyl sites for hydroxylation is 1. The number of rotatable bonds is 4. The highest BCUT2D eigenvalue weighted by Crippen LogP contribution is 2.21. The van der Waals surface area contributed by atoms with Crippen molar-refractivity contribution in [1.82, 2.24) is 9.78 Å². The summed E-state index contributed by atoms with van der Waals surface area (Å²) in [5.41, 5.74) is 6.83. The zero-order chi connectivity index (χ0) is 9.84. The minimum absolute atomic E-state index is 0.531. The first-order valence-electron chi connectivity index (χ1n) is 4.94. The molecule has 1 aromatic rings. The third-order valence-corrected chi connectivity index (χ3v) is 2.43. The van der Waals surface area contributed by atoms with E-state index in [0.29, 0.717) is 5.92 Å². The number of nitrogens with two attached hydrogens (primary N) is 1. The van der Waals surface area contributed by atoms with E-state index in [2.05, 4.69) is 18.9 Å². The monoisotopic (exact) mass is 181 g/mol. The Morgan fingerprint density at radius 3 is 2.77 bits per heavy atom. The lowest BCUT2D eigenvalue weighted by molar-refractivity contribution is 0.598. The van der Waals surface area contributed by atoms with Crippen molar-refractivity contribution in [1.29, 1.82) is 0 Å². The molecule has 74 valence electrons. The SMILES string of the molecule is CCCCC(C)c1cc(N)n(C)n1. The molecule has 1 aromatic heterocycles. The molecule has 1 unspecified atom stereocenters. The van der Waals surface area contributed by atoms with Crippen molar-refractivity contribution in [3.05, 3.63) is 11.8 Å². The summed E-state index contributed by atoms with van der Waals surface area (Å²) in [6.07, 6.45) is 3.71. The molecule has 0 aromatic carbocycles. The molecule has 0 bridgehead atoms. The van der Waals surface area contributed by atoms with Gasteiger partial charge in [0.05, 0.1) is 5.69 Å². The molecule has 1 rings (SSSR count). The maximum Gasteiger partial charge on any atom is 0.121 e.